The third-order valence-corrected chi connectivity index (χ3v) is 3.03. The van der Waals surface area contributed by atoms with Crippen LogP contribution in [-0.4, -0.2) is 37.3 Å². The van der Waals surface area contributed by atoms with Crippen molar-refractivity contribution in [2.24, 2.45) is 5.73 Å². The van der Waals surface area contributed by atoms with Crippen molar-refractivity contribution in [2.45, 2.75) is 25.9 Å². The van der Waals surface area contributed by atoms with Crippen LogP contribution in [0.5, 0.6) is 0 Å². The molecule has 1 aliphatic heterocycles. The zero-order valence-corrected chi connectivity index (χ0v) is 10.4. The molecule has 2 rings (SSSR count). The van der Waals surface area contributed by atoms with Gasteiger partial charge in [-0.1, -0.05) is 6.07 Å². The second-order valence-corrected chi connectivity index (χ2v) is 4.51. The van der Waals surface area contributed by atoms with Gasteiger partial charge in [-0.3, -0.25) is 0 Å². The van der Waals surface area contributed by atoms with Gasteiger partial charge in [0, 0.05) is 25.9 Å². The summed E-state index contributed by atoms with van der Waals surface area (Å²) in [7, 11) is 0. The molecule has 2 N–H and O–H groups in total. The lowest BCUT2D eigenvalue weighted by Gasteiger charge is -2.25. The lowest BCUT2D eigenvalue weighted by molar-refractivity contribution is 0.0820. The minimum atomic E-state index is 0.269. The van der Waals surface area contributed by atoms with Crippen LogP contribution in [0.1, 0.15) is 18.9 Å². The van der Waals surface area contributed by atoms with Gasteiger partial charge in [0.15, 0.2) is 0 Å². The quantitative estimate of drug-likeness (QED) is 0.855. The molecule has 1 aromatic rings. The van der Waals surface area contributed by atoms with Crippen molar-refractivity contribution >= 4 is 5.82 Å². The van der Waals surface area contributed by atoms with Gasteiger partial charge in [0.2, 0.25) is 0 Å². The van der Waals surface area contributed by atoms with E-state index in [2.05, 4.69) is 22.9 Å². The van der Waals surface area contributed by atoms with Crippen molar-refractivity contribution < 1.29 is 4.74 Å². The number of nitrogens with zero attached hydrogens (tertiary/aromatic N) is 2. The van der Waals surface area contributed by atoms with Crippen LogP contribution in [-0.2, 0) is 11.2 Å². The topological polar surface area (TPSA) is 51.4 Å². The Labute approximate surface area is 103 Å². The molecule has 1 fully saturated rings. The number of rotatable bonds is 3. The highest BCUT2D eigenvalue weighted by atomic mass is 16.5. The molecule has 1 unspecified atom stereocenters. The summed E-state index contributed by atoms with van der Waals surface area (Å²) in [5, 5.41) is 0. The van der Waals surface area contributed by atoms with Gasteiger partial charge in [-0.05, 0) is 37.9 Å². The first kappa shape index (κ1) is 12.3. The third-order valence-electron chi connectivity index (χ3n) is 3.03. The summed E-state index contributed by atoms with van der Waals surface area (Å²) >= 11 is 0. The summed E-state index contributed by atoms with van der Waals surface area (Å²) in [6, 6.07) is 4.10. The van der Waals surface area contributed by atoms with Crippen LogP contribution in [0.2, 0.25) is 0 Å². The fraction of sp³-hybridized carbons (Fsp3) is 0.615. The fourth-order valence-electron chi connectivity index (χ4n) is 2.25. The second kappa shape index (κ2) is 5.98. The van der Waals surface area contributed by atoms with Gasteiger partial charge in [-0.25, -0.2) is 4.98 Å². The first-order valence-corrected chi connectivity index (χ1v) is 6.31. The number of pyridine rings is 1. The largest absolute Gasteiger partial charge is 0.377 e. The Kier molecular flexibility index (Phi) is 4.34. The maximum Gasteiger partial charge on any atom is 0.131 e. The molecule has 0 spiro atoms. The van der Waals surface area contributed by atoms with Gasteiger partial charge >= 0.3 is 0 Å². The molecule has 1 aliphatic rings. The van der Waals surface area contributed by atoms with E-state index in [1.165, 1.54) is 5.56 Å². The predicted octanol–water partition coefficient (Wildman–Crippen LogP) is 1.20. The van der Waals surface area contributed by atoms with Crippen molar-refractivity contribution in [3.8, 4) is 0 Å². The van der Waals surface area contributed by atoms with Crippen LogP contribution < -0.4 is 10.6 Å². The monoisotopic (exact) mass is 235 g/mol. The van der Waals surface area contributed by atoms with E-state index in [0.717, 1.165) is 38.4 Å². The highest BCUT2D eigenvalue weighted by Gasteiger charge is 2.18. The minimum absolute atomic E-state index is 0.269. The summed E-state index contributed by atoms with van der Waals surface area (Å²) in [6.45, 7) is 5.55. The lowest BCUT2D eigenvalue weighted by atomic mass is 10.1. The molecule has 17 heavy (non-hydrogen) atoms. The molecule has 0 aliphatic carbocycles. The standard InChI is InChI=1S/C13H21N3O/c1-11-10-16(8-3-9-17-11)13-12(5-6-14)4-2-7-15-13/h2,4,7,11H,3,5-6,8-10,14H2,1H3. The van der Waals surface area contributed by atoms with E-state index in [9.17, 15) is 0 Å². The van der Waals surface area contributed by atoms with Crippen molar-refractivity contribution in [2.75, 3.05) is 31.1 Å². The number of hydrogen-bond acceptors (Lipinski definition) is 4. The SMILES string of the molecule is CC1CN(c2ncccc2CCN)CCCO1. The van der Waals surface area contributed by atoms with Gasteiger partial charge in [-0.2, -0.15) is 0 Å². The fourth-order valence-corrected chi connectivity index (χ4v) is 2.25. The Morgan fingerprint density at radius 3 is 3.29 bits per heavy atom. The Morgan fingerprint density at radius 1 is 1.59 bits per heavy atom. The van der Waals surface area contributed by atoms with E-state index in [1.807, 2.05) is 12.3 Å². The molecule has 0 radical (unpaired) electrons. The number of ether oxygens (including phenoxy) is 1. The molecule has 0 aromatic carbocycles. The molecule has 1 atom stereocenters. The molecule has 1 aromatic heterocycles. The molecule has 2 heterocycles. The molecule has 0 bridgehead atoms. The van der Waals surface area contributed by atoms with E-state index in [1.54, 1.807) is 0 Å². The minimum Gasteiger partial charge on any atom is -0.377 e. The molecule has 4 nitrogen and oxygen atoms in total. The first-order chi connectivity index (χ1) is 8.31. The number of hydrogen-bond donors (Lipinski definition) is 1. The van der Waals surface area contributed by atoms with E-state index < -0.39 is 0 Å². The Bertz CT molecular complexity index is 356. The summed E-state index contributed by atoms with van der Waals surface area (Å²) in [5.41, 5.74) is 6.89. The van der Waals surface area contributed by atoms with E-state index >= 15 is 0 Å². The molecular formula is C13H21N3O. The maximum atomic E-state index is 5.66. The van der Waals surface area contributed by atoms with Gasteiger partial charge in [0.1, 0.15) is 5.82 Å². The average molecular weight is 235 g/mol. The highest BCUT2D eigenvalue weighted by Crippen LogP contribution is 2.20. The molecular weight excluding hydrogens is 214 g/mol. The number of nitrogens with two attached hydrogens (primary N) is 1. The predicted molar refractivity (Wildman–Crippen MR) is 69.2 cm³/mol. The van der Waals surface area contributed by atoms with Gasteiger partial charge in [0.25, 0.3) is 0 Å². The van der Waals surface area contributed by atoms with E-state index in [0.29, 0.717) is 6.54 Å². The van der Waals surface area contributed by atoms with Crippen molar-refractivity contribution in [3.63, 3.8) is 0 Å². The highest BCUT2D eigenvalue weighted by molar-refractivity contribution is 5.47. The zero-order valence-electron chi connectivity index (χ0n) is 10.4. The van der Waals surface area contributed by atoms with Gasteiger partial charge in [0.05, 0.1) is 6.10 Å². The molecule has 4 heteroatoms. The Hall–Kier alpha value is -1.13. The van der Waals surface area contributed by atoms with E-state index in [4.69, 9.17) is 10.5 Å². The molecule has 1 saturated heterocycles. The average Bonchev–Trinajstić information content (AvgIpc) is 2.55. The Balaban J connectivity index is 2.19. The summed E-state index contributed by atoms with van der Waals surface area (Å²) in [6.07, 6.45) is 4.06. The van der Waals surface area contributed by atoms with Gasteiger partial charge < -0.3 is 15.4 Å². The second-order valence-electron chi connectivity index (χ2n) is 4.51. The van der Waals surface area contributed by atoms with Crippen LogP contribution in [0.4, 0.5) is 5.82 Å². The van der Waals surface area contributed by atoms with Crippen LogP contribution >= 0.6 is 0 Å². The normalized spacial score (nSPS) is 21.3. The van der Waals surface area contributed by atoms with Crippen molar-refractivity contribution in [1.29, 1.82) is 0 Å². The smallest absolute Gasteiger partial charge is 0.131 e. The first-order valence-electron chi connectivity index (χ1n) is 6.31. The number of aromatic nitrogens is 1. The molecule has 94 valence electrons. The summed E-state index contributed by atoms with van der Waals surface area (Å²) in [4.78, 5) is 6.83. The van der Waals surface area contributed by atoms with Crippen LogP contribution in [0.25, 0.3) is 0 Å². The van der Waals surface area contributed by atoms with Gasteiger partial charge in [-0.15, -0.1) is 0 Å². The maximum absolute atomic E-state index is 5.66. The van der Waals surface area contributed by atoms with Crippen molar-refractivity contribution in [1.82, 2.24) is 4.98 Å². The number of anilines is 1. The van der Waals surface area contributed by atoms with Crippen LogP contribution in [0, 0.1) is 0 Å². The Morgan fingerprint density at radius 2 is 2.47 bits per heavy atom. The van der Waals surface area contributed by atoms with Crippen LogP contribution in [0.15, 0.2) is 18.3 Å². The molecule has 0 amide bonds. The summed E-state index contributed by atoms with van der Waals surface area (Å²) in [5.74, 6) is 1.08. The van der Waals surface area contributed by atoms with Crippen molar-refractivity contribution in [3.05, 3.63) is 23.9 Å². The van der Waals surface area contributed by atoms with E-state index in [-0.39, 0.29) is 6.10 Å². The van der Waals surface area contributed by atoms with Crippen LogP contribution in [0.3, 0.4) is 0 Å². The molecule has 0 saturated carbocycles. The summed E-state index contributed by atoms with van der Waals surface area (Å²) < 4.78 is 5.66. The zero-order chi connectivity index (χ0) is 12.1. The third kappa shape index (κ3) is 3.17. The lowest BCUT2D eigenvalue weighted by Crippen LogP contribution is -2.31.